The molecule has 0 aliphatic heterocycles. The van der Waals surface area contributed by atoms with Crippen molar-refractivity contribution in [2.24, 2.45) is 0 Å². The molecular formula is C20H26N4. The average Bonchev–Trinajstić information content (AvgIpc) is 2.61. The van der Waals surface area contributed by atoms with Crippen molar-refractivity contribution in [3.8, 4) is 0 Å². The molecule has 0 bridgehead atoms. The van der Waals surface area contributed by atoms with Crippen LogP contribution in [0.1, 0.15) is 43.5 Å². The summed E-state index contributed by atoms with van der Waals surface area (Å²) >= 11 is 0. The molecule has 24 heavy (non-hydrogen) atoms. The number of aromatic nitrogens is 2. The smallest absolute Gasteiger partial charge is 0.132 e. The highest BCUT2D eigenvalue weighted by Gasteiger charge is 2.05. The minimum absolute atomic E-state index is 0.767. The zero-order valence-corrected chi connectivity index (χ0v) is 14.4. The van der Waals surface area contributed by atoms with Crippen LogP contribution < -0.4 is 10.6 Å². The van der Waals surface area contributed by atoms with Gasteiger partial charge in [-0.1, -0.05) is 42.0 Å². The van der Waals surface area contributed by atoms with E-state index in [4.69, 9.17) is 0 Å². The lowest BCUT2D eigenvalue weighted by atomic mass is 9.97. The first-order valence-corrected chi connectivity index (χ1v) is 8.85. The lowest BCUT2D eigenvalue weighted by Gasteiger charge is -2.14. The van der Waals surface area contributed by atoms with Gasteiger partial charge in [0, 0.05) is 19.2 Å². The maximum Gasteiger partial charge on any atom is 0.132 e. The lowest BCUT2D eigenvalue weighted by molar-refractivity contribution is 0.679. The first-order valence-electron chi connectivity index (χ1n) is 8.85. The quantitative estimate of drug-likeness (QED) is 0.726. The largest absolute Gasteiger partial charge is 0.370 e. The molecule has 1 aromatic heterocycles. The lowest BCUT2D eigenvalue weighted by Crippen LogP contribution is -2.09. The molecule has 1 aliphatic carbocycles. The normalized spacial score (nSPS) is 14.1. The van der Waals surface area contributed by atoms with Gasteiger partial charge in [0.05, 0.1) is 0 Å². The summed E-state index contributed by atoms with van der Waals surface area (Å²) in [6.07, 6.45) is 8.70. The molecular weight excluding hydrogens is 296 g/mol. The second kappa shape index (κ2) is 8.48. The second-order valence-corrected chi connectivity index (χ2v) is 6.31. The van der Waals surface area contributed by atoms with Gasteiger partial charge < -0.3 is 10.6 Å². The predicted octanol–water partition coefficient (Wildman–Crippen LogP) is 4.70. The van der Waals surface area contributed by atoms with Crippen LogP contribution in [0.3, 0.4) is 0 Å². The first-order chi connectivity index (χ1) is 11.8. The molecule has 0 saturated carbocycles. The maximum absolute atomic E-state index is 4.49. The molecule has 0 spiro atoms. The third-order valence-electron chi connectivity index (χ3n) is 4.29. The van der Waals surface area contributed by atoms with Crippen LogP contribution in [0.25, 0.3) is 0 Å². The molecule has 1 aliphatic rings. The van der Waals surface area contributed by atoms with E-state index in [9.17, 15) is 0 Å². The van der Waals surface area contributed by atoms with Crippen molar-refractivity contribution >= 4 is 11.6 Å². The summed E-state index contributed by atoms with van der Waals surface area (Å²) in [7, 11) is 0. The van der Waals surface area contributed by atoms with Crippen molar-refractivity contribution in [2.45, 2.75) is 45.6 Å². The van der Waals surface area contributed by atoms with Gasteiger partial charge in [0.25, 0.3) is 0 Å². The number of rotatable bonds is 7. The van der Waals surface area contributed by atoms with Crippen molar-refractivity contribution < 1.29 is 0 Å². The molecule has 0 fully saturated rings. The van der Waals surface area contributed by atoms with E-state index in [2.05, 4.69) is 50.9 Å². The van der Waals surface area contributed by atoms with Gasteiger partial charge in [-0.05, 0) is 44.6 Å². The van der Waals surface area contributed by atoms with E-state index >= 15 is 0 Å². The highest BCUT2D eigenvalue weighted by Crippen LogP contribution is 2.20. The Kier molecular flexibility index (Phi) is 5.83. The highest BCUT2D eigenvalue weighted by molar-refractivity contribution is 5.48. The average molecular weight is 322 g/mol. The van der Waals surface area contributed by atoms with Crippen LogP contribution in [0.5, 0.6) is 0 Å². The molecule has 0 radical (unpaired) electrons. The topological polar surface area (TPSA) is 49.8 Å². The number of aryl methyl sites for hydroxylation is 1. The molecule has 4 heteroatoms. The molecule has 2 N–H and O–H groups in total. The van der Waals surface area contributed by atoms with Gasteiger partial charge in [-0.2, -0.15) is 0 Å². The van der Waals surface area contributed by atoms with Gasteiger partial charge in [-0.15, -0.1) is 0 Å². The fourth-order valence-corrected chi connectivity index (χ4v) is 3.02. The molecule has 0 unspecified atom stereocenters. The summed E-state index contributed by atoms with van der Waals surface area (Å²) in [4.78, 5) is 8.96. The molecule has 0 atom stereocenters. The fourth-order valence-electron chi connectivity index (χ4n) is 3.02. The Hall–Kier alpha value is -2.36. The summed E-state index contributed by atoms with van der Waals surface area (Å²) < 4.78 is 0. The van der Waals surface area contributed by atoms with E-state index in [1.807, 2.05) is 19.1 Å². The van der Waals surface area contributed by atoms with Crippen molar-refractivity contribution in [2.75, 3.05) is 17.2 Å². The number of anilines is 2. The van der Waals surface area contributed by atoms with Crippen molar-refractivity contribution in [3.05, 3.63) is 59.4 Å². The number of nitrogens with one attached hydrogen (secondary N) is 2. The predicted molar refractivity (Wildman–Crippen MR) is 100 cm³/mol. The Morgan fingerprint density at radius 1 is 1.00 bits per heavy atom. The zero-order chi connectivity index (χ0) is 16.6. The zero-order valence-electron chi connectivity index (χ0n) is 14.4. The Bertz CT molecular complexity index is 679. The standard InChI is InChI=1S/C20H26N4/c1-16-23-19(21-13-12-17-8-4-2-5-9-17)14-20(24-16)22-15-18-10-6-3-7-11-18/h3,6-8,10-11,14H,2,4-5,9,12-13,15H2,1H3,(H2,21,22,23,24). The Balaban J connectivity index is 1.54. The van der Waals surface area contributed by atoms with Gasteiger partial charge in [0.2, 0.25) is 0 Å². The van der Waals surface area contributed by atoms with Gasteiger partial charge in [0.1, 0.15) is 17.5 Å². The monoisotopic (exact) mass is 322 g/mol. The molecule has 1 aromatic carbocycles. The van der Waals surface area contributed by atoms with E-state index in [1.165, 1.54) is 31.2 Å². The second-order valence-electron chi connectivity index (χ2n) is 6.31. The SMILES string of the molecule is Cc1nc(NCCC2=CCCCC2)cc(NCc2ccccc2)n1. The third kappa shape index (κ3) is 5.08. The summed E-state index contributed by atoms with van der Waals surface area (Å²) in [5.74, 6) is 2.55. The number of benzene rings is 1. The van der Waals surface area contributed by atoms with E-state index in [0.29, 0.717) is 0 Å². The summed E-state index contributed by atoms with van der Waals surface area (Å²) in [6, 6.07) is 12.3. The van der Waals surface area contributed by atoms with Gasteiger partial charge >= 0.3 is 0 Å². The van der Waals surface area contributed by atoms with Crippen LogP contribution in [0.15, 0.2) is 48.0 Å². The summed E-state index contributed by atoms with van der Waals surface area (Å²) in [5, 5.41) is 6.82. The minimum atomic E-state index is 0.767. The van der Waals surface area contributed by atoms with Crippen LogP contribution in [0.4, 0.5) is 11.6 Å². The molecule has 126 valence electrons. The van der Waals surface area contributed by atoms with Gasteiger partial charge in [0.15, 0.2) is 0 Å². The molecule has 2 aromatic rings. The number of hydrogen-bond donors (Lipinski definition) is 2. The van der Waals surface area contributed by atoms with Crippen molar-refractivity contribution in [1.29, 1.82) is 0 Å². The van der Waals surface area contributed by atoms with E-state index in [-0.39, 0.29) is 0 Å². The van der Waals surface area contributed by atoms with Gasteiger partial charge in [-0.3, -0.25) is 0 Å². The van der Waals surface area contributed by atoms with Crippen molar-refractivity contribution in [1.82, 2.24) is 9.97 Å². The van der Waals surface area contributed by atoms with Crippen LogP contribution in [-0.4, -0.2) is 16.5 Å². The first kappa shape index (κ1) is 16.5. The molecule has 4 nitrogen and oxygen atoms in total. The molecule has 1 heterocycles. The Labute approximate surface area is 144 Å². The summed E-state index contributed by atoms with van der Waals surface area (Å²) in [5.41, 5.74) is 2.83. The van der Waals surface area contributed by atoms with Crippen LogP contribution in [0.2, 0.25) is 0 Å². The Morgan fingerprint density at radius 2 is 1.79 bits per heavy atom. The molecule has 0 amide bonds. The number of allylic oxidation sites excluding steroid dienone is 1. The highest BCUT2D eigenvalue weighted by atomic mass is 15.1. The van der Waals surface area contributed by atoms with Gasteiger partial charge in [-0.25, -0.2) is 9.97 Å². The third-order valence-corrected chi connectivity index (χ3v) is 4.29. The van der Waals surface area contributed by atoms with Crippen molar-refractivity contribution in [3.63, 3.8) is 0 Å². The van der Waals surface area contributed by atoms with Crippen LogP contribution in [-0.2, 0) is 6.54 Å². The van der Waals surface area contributed by atoms with E-state index in [1.54, 1.807) is 5.57 Å². The number of nitrogens with zero attached hydrogens (tertiary/aromatic N) is 2. The van der Waals surface area contributed by atoms with Crippen LogP contribution in [0, 0.1) is 6.92 Å². The van der Waals surface area contributed by atoms with Crippen LogP contribution >= 0.6 is 0 Å². The number of hydrogen-bond acceptors (Lipinski definition) is 4. The molecule has 0 saturated heterocycles. The summed E-state index contributed by atoms with van der Waals surface area (Å²) in [6.45, 7) is 3.63. The van der Waals surface area contributed by atoms with E-state index in [0.717, 1.165) is 37.0 Å². The molecule has 3 rings (SSSR count). The minimum Gasteiger partial charge on any atom is -0.370 e. The fraction of sp³-hybridized carbons (Fsp3) is 0.400. The Morgan fingerprint density at radius 3 is 2.54 bits per heavy atom. The maximum atomic E-state index is 4.49. The van der Waals surface area contributed by atoms with E-state index < -0.39 is 0 Å².